The average Bonchev–Trinajstić information content (AvgIpc) is 2.69. The summed E-state index contributed by atoms with van der Waals surface area (Å²) in [4.78, 5) is 25.2. The van der Waals surface area contributed by atoms with Crippen LogP contribution in [-0.2, 0) is 21.0 Å². The molecule has 2 aromatic carbocycles. The first-order valence-electron chi connectivity index (χ1n) is 9.16. The highest BCUT2D eigenvalue weighted by Gasteiger charge is 2.66. The highest BCUT2D eigenvalue weighted by atomic mass is 16.8. The van der Waals surface area contributed by atoms with Crippen LogP contribution < -0.4 is 9.47 Å². The minimum Gasteiger partial charge on any atom is -0.507 e. The summed E-state index contributed by atoms with van der Waals surface area (Å²) >= 11 is 0. The molecule has 4 aliphatic rings. The molecule has 2 heterocycles. The molecule has 0 aromatic heterocycles. The highest BCUT2D eigenvalue weighted by Crippen LogP contribution is 2.61. The van der Waals surface area contributed by atoms with Crippen molar-refractivity contribution < 1.29 is 33.6 Å². The van der Waals surface area contributed by atoms with E-state index in [2.05, 4.69) is 0 Å². The third-order valence-corrected chi connectivity index (χ3v) is 6.09. The molecule has 28 heavy (non-hydrogen) atoms. The molecule has 2 aromatic rings. The monoisotopic (exact) mass is 380 g/mol. The van der Waals surface area contributed by atoms with Crippen LogP contribution in [0.25, 0.3) is 0 Å². The van der Waals surface area contributed by atoms with E-state index < -0.39 is 17.7 Å². The number of carbonyl (C=O) groups is 2. The predicted molar refractivity (Wildman–Crippen MR) is 93.6 cm³/mol. The first-order chi connectivity index (χ1) is 13.5. The Morgan fingerprint density at radius 2 is 1.89 bits per heavy atom. The Morgan fingerprint density at radius 3 is 2.71 bits per heavy atom. The van der Waals surface area contributed by atoms with Gasteiger partial charge < -0.3 is 19.3 Å². The van der Waals surface area contributed by atoms with E-state index in [1.807, 2.05) is 0 Å². The largest absolute Gasteiger partial charge is 0.507 e. The maximum atomic E-state index is 12.7. The van der Waals surface area contributed by atoms with Crippen molar-refractivity contribution in [2.24, 2.45) is 0 Å². The van der Waals surface area contributed by atoms with Gasteiger partial charge in [-0.05, 0) is 18.2 Å². The van der Waals surface area contributed by atoms with E-state index in [1.54, 1.807) is 24.3 Å². The van der Waals surface area contributed by atoms with Gasteiger partial charge >= 0.3 is 0 Å². The fraction of sp³-hybridized carbons (Fsp3) is 0.333. The summed E-state index contributed by atoms with van der Waals surface area (Å²) in [6.07, 6.45) is -0.153. The number of hydrogen-bond donors (Lipinski definition) is 1. The second kappa shape index (κ2) is 4.92. The van der Waals surface area contributed by atoms with Crippen LogP contribution in [0.2, 0.25) is 0 Å². The van der Waals surface area contributed by atoms with Crippen molar-refractivity contribution in [3.05, 3.63) is 52.6 Å². The van der Waals surface area contributed by atoms with E-state index in [0.717, 1.165) is 0 Å². The summed E-state index contributed by atoms with van der Waals surface area (Å²) < 4.78 is 24.8. The molecule has 3 atom stereocenters. The number of ketones is 2. The van der Waals surface area contributed by atoms with Crippen LogP contribution in [0, 0.1) is 0 Å². The summed E-state index contributed by atoms with van der Waals surface area (Å²) in [6.45, 7) is 0. The molecule has 2 bridgehead atoms. The Balaban J connectivity index is 1.71. The normalized spacial score (nSPS) is 31.4. The topological polar surface area (TPSA) is 91.3 Å². The minimum absolute atomic E-state index is 0.0721. The van der Waals surface area contributed by atoms with Gasteiger partial charge in [-0.25, -0.2) is 0 Å². The Bertz CT molecular complexity index is 1090. The van der Waals surface area contributed by atoms with Crippen LogP contribution in [0.1, 0.15) is 51.1 Å². The van der Waals surface area contributed by atoms with Crippen molar-refractivity contribution in [2.75, 3.05) is 7.11 Å². The average molecular weight is 380 g/mol. The van der Waals surface area contributed by atoms with Gasteiger partial charge in [0.05, 0.1) is 16.7 Å². The van der Waals surface area contributed by atoms with Crippen LogP contribution in [0.3, 0.4) is 0 Å². The molecule has 0 radical (unpaired) electrons. The Morgan fingerprint density at radius 1 is 1.07 bits per heavy atom. The maximum Gasteiger partial charge on any atom is 0.271 e. The van der Waals surface area contributed by atoms with Crippen molar-refractivity contribution in [2.45, 2.75) is 36.9 Å². The van der Waals surface area contributed by atoms with Crippen LogP contribution >= 0.6 is 0 Å². The Labute approximate surface area is 159 Å². The van der Waals surface area contributed by atoms with Gasteiger partial charge in [-0.2, -0.15) is 0 Å². The number of rotatable bonds is 1. The molecule has 2 aliphatic carbocycles. The Kier molecular flexibility index (Phi) is 2.83. The van der Waals surface area contributed by atoms with Crippen molar-refractivity contribution in [1.29, 1.82) is 0 Å². The molecule has 1 N–H and O–H groups in total. The van der Waals surface area contributed by atoms with Crippen molar-refractivity contribution in [3.8, 4) is 17.2 Å². The number of benzene rings is 2. The molecule has 2 spiro atoms. The standard InChI is InChI=1S/C21H16O7/c1-25-16-9-13(24)10-3-2-4-14-18(10)21(16)27-15-6-5-11(22)17-12(23)7-8-20(26-14,28-21)19(15)17/h2-6,16,22H,7-9H2,1H3/t16-,20-,21-/m1/s1. The lowest BCUT2D eigenvalue weighted by Crippen LogP contribution is -2.63. The number of Topliss-reactive ketones (excluding diaryl/α,β-unsaturated/α-hetero) is 2. The summed E-state index contributed by atoms with van der Waals surface area (Å²) in [5, 5.41) is 10.3. The van der Waals surface area contributed by atoms with Crippen LogP contribution in [0.5, 0.6) is 17.2 Å². The zero-order chi connectivity index (χ0) is 19.3. The number of phenols is 1. The van der Waals surface area contributed by atoms with E-state index in [9.17, 15) is 14.7 Å². The number of phenolic OH excluding ortho intramolecular Hbond substituents is 1. The van der Waals surface area contributed by atoms with Gasteiger partial charge in [0.25, 0.3) is 5.79 Å². The van der Waals surface area contributed by atoms with E-state index in [-0.39, 0.29) is 42.1 Å². The van der Waals surface area contributed by atoms with Crippen molar-refractivity contribution >= 4 is 11.6 Å². The Hall–Kier alpha value is -2.90. The van der Waals surface area contributed by atoms with Gasteiger partial charge in [0.2, 0.25) is 5.79 Å². The van der Waals surface area contributed by atoms with Gasteiger partial charge in [0, 0.05) is 31.9 Å². The van der Waals surface area contributed by atoms with E-state index in [4.69, 9.17) is 18.9 Å². The molecular weight excluding hydrogens is 364 g/mol. The smallest absolute Gasteiger partial charge is 0.271 e. The number of carbonyl (C=O) groups excluding carboxylic acids is 2. The molecule has 0 unspecified atom stereocenters. The number of methoxy groups -OCH3 is 1. The van der Waals surface area contributed by atoms with Gasteiger partial charge in [-0.1, -0.05) is 12.1 Å². The summed E-state index contributed by atoms with van der Waals surface area (Å²) in [5.74, 6) is -2.19. The lowest BCUT2D eigenvalue weighted by Gasteiger charge is -2.56. The molecule has 0 fully saturated rings. The van der Waals surface area contributed by atoms with Gasteiger partial charge in [-0.3, -0.25) is 14.3 Å². The van der Waals surface area contributed by atoms with E-state index in [1.165, 1.54) is 13.2 Å². The molecule has 0 amide bonds. The zero-order valence-electron chi connectivity index (χ0n) is 15.0. The fourth-order valence-corrected chi connectivity index (χ4v) is 4.93. The maximum absolute atomic E-state index is 12.7. The second-order valence-electron chi connectivity index (χ2n) is 7.51. The van der Waals surface area contributed by atoms with Crippen LogP contribution in [0.15, 0.2) is 30.3 Å². The minimum atomic E-state index is -1.37. The molecule has 7 heteroatoms. The first-order valence-corrected chi connectivity index (χ1v) is 9.16. The molecule has 7 nitrogen and oxygen atoms in total. The molecule has 0 saturated heterocycles. The van der Waals surface area contributed by atoms with E-state index in [0.29, 0.717) is 28.2 Å². The molecular formula is C21H16O7. The lowest BCUT2D eigenvalue weighted by molar-refractivity contribution is -0.387. The van der Waals surface area contributed by atoms with Gasteiger partial charge in [-0.15, -0.1) is 0 Å². The second-order valence-corrected chi connectivity index (χ2v) is 7.51. The number of aromatic hydroxyl groups is 1. The van der Waals surface area contributed by atoms with Crippen LogP contribution in [0.4, 0.5) is 0 Å². The summed E-state index contributed by atoms with van der Waals surface area (Å²) in [6, 6.07) is 8.28. The molecule has 6 rings (SSSR count). The van der Waals surface area contributed by atoms with Crippen LogP contribution in [-0.4, -0.2) is 29.9 Å². The third kappa shape index (κ3) is 1.67. The number of ether oxygens (including phenoxy) is 4. The van der Waals surface area contributed by atoms with Gasteiger partial charge in [0.1, 0.15) is 23.4 Å². The molecule has 2 aliphatic heterocycles. The molecule has 142 valence electrons. The van der Waals surface area contributed by atoms with E-state index >= 15 is 0 Å². The zero-order valence-corrected chi connectivity index (χ0v) is 15.0. The fourth-order valence-electron chi connectivity index (χ4n) is 4.93. The lowest BCUT2D eigenvalue weighted by atomic mass is 9.77. The summed E-state index contributed by atoms with van der Waals surface area (Å²) in [7, 11) is 1.51. The van der Waals surface area contributed by atoms with Crippen molar-refractivity contribution in [1.82, 2.24) is 0 Å². The quantitative estimate of drug-likeness (QED) is 0.813. The number of hydrogen-bond acceptors (Lipinski definition) is 7. The van der Waals surface area contributed by atoms with Crippen molar-refractivity contribution in [3.63, 3.8) is 0 Å². The van der Waals surface area contributed by atoms with Gasteiger partial charge in [0.15, 0.2) is 11.6 Å². The highest BCUT2D eigenvalue weighted by molar-refractivity contribution is 6.03. The SMILES string of the molecule is CO[C@@H]1CC(=O)c2cccc3c2[C@@]12Oc1ccc(O)c4c1[C@](CCC4=O)(O3)O2. The predicted octanol–water partition coefficient (Wildman–Crippen LogP) is 2.78. The first kappa shape index (κ1) is 16.1. The molecule has 0 saturated carbocycles. The third-order valence-electron chi connectivity index (χ3n) is 6.09. The summed E-state index contributed by atoms with van der Waals surface area (Å²) in [5.41, 5.74) is 1.56.